The van der Waals surface area contributed by atoms with E-state index in [0.717, 1.165) is 12.8 Å². The zero-order chi connectivity index (χ0) is 13.3. The summed E-state index contributed by atoms with van der Waals surface area (Å²) in [4.78, 5) is 14.4. The Bertz CT molecular complexity index is 532. The first kappa shape index (κ1) is 13.1. The fourth-order valence-corrected chi connectivity index (χ4v) is 2.72. The number of isocyanates is 1. The fourth-order valence-electron chi connectivity index (χ4n) is 2.58. The highest BCUT2D eigenvalue weighted by molar-refractivity contribution is 6.32. The van der Waals surface area contributed by atoms with Crippen molar-refractivity contribution < 1.29 is 14.3 Å². The molecule has 0 aromatic heterocycles. The second-order valence-corrected chi connectivity index (χ2v) is 5.04. The lowest BCUT2D eigenvalue weighted by Crippen LogP contribution is -2.21. The Morgan fingerprint density at radius 3 is 2.67 bits per heavy atom. The van der Waals surface area contributed by atoms with Crippen molar-refractivity contribution in [3.63, 3.8) is 0 Å². The largest absolute Gasteiger partial charge is 0.504 e. The van der Waals surface area contributed by atoms with Crippen LogP contribution >= 0.6 is 11.6 Å². The summed E-state index contributed by atoms with van der Waals surface area (Å²) in [5.41, 5.74) is -0.0840. The van der Waals surface area contributed by atoms with Gasteiger partial charge in [-0.2, -0.15) is 4.99 Å². The maximum atomic E-state index is 14.1. The van der Waals surface area contributed by atoms with E-state index in [0.29, 0.717) is 18.4 Å². The van der Waals surface area contributed by atoms with Gasteiger partial charge in [-0.25, -0.2) is 9.18 Å². The van der Waals surface area contributed by atoms with Crippen LogP contribution in [0.2, 0.25) is 5.02 Å². The summed E-state index contributed by atoms with van der Waals surface area (Å²) >= 11 is 5.79. The van der Waals surface area contributed by atoms with Crippen molar-refractivity contribution in [3.8, 4) is 5.75 Å². The lowest BCUT2D eigenvalue weighted by Gasteiger charge is -2.24. The molecule has 0 saturated heterocycles. The average Bonchev–Trinajstić information content (AvgIpc) is 2.81. The van der Waals surface area contributed by atoms with Crippen molar-refractivity contribution in [1.82, 2.24) is 0 Å². The predicted octanol–water partition coefficient (Wildman–Crippen LogP) is 3.60. The number of phenols is 1. The zero-order valence-electron chi connectivity index (χ0n) is 9.96. The number of nitrogens with zero attached hydrogens (tertiary/aromatic N) is 1. The highest BCUT2D eigenvalue weighted by atomic mass is 35.5. The number of aryl methyl sites for hydroxylation is 1. The lowest BCUT2D eigenvalue weighted by atomic mass is 9.87. The van der Waals surface area contributed by atoms with Crippen LogP contribution < -0.4 is 0 Å². The topological polar surface area (TPSA) is 49.7 Å². The van der Waals surface area contributed by atoms with E-state index in [2.05, 4.69) is 4.99 Å². The molecule has 0 heterocycles. The van der Waals surface area contributed by atoms with Crippen LogP contribution in [0, 0.1) is 12.7 Å². The summed E-state index contributed by atoms with van der Waals surface area (Å²) in [7, 11) is 0. The molecule has 1 aromatic rings. The van der Waals surface area contributed by atoms with Crippen molar-refractivity contribution in [3.05, 3.63) is 28.0 Å². The Morgan fingerprint density at radius 2 is 2.11 bits per heavy atom. The maximum Gasteiger partial charge on any atom is 0.235 e. The van der Waals surface area contributed by atoms with Crippen LogP contribution in [-0.4, -0.2) is 11.2 Å². The molecule has 1 aliphatic rings. The third-order valence-corrected chi connectivity index (χ3v) is 4.03. The molecule has 0 unspecified atom stereocenters. The Morgan fingerprint density at radius 1 is 1.50 bits per heavy atom. The molecule has 96 valence electrons. The van der Waals surface area contributed by atoms with Gasteiger partial charge < -0.3 is 5.11 Å². The molecule has 1 N–H and O–H groups in total. The molecule has 3 nitrogen and oxygen atoms in total. The third kappa shape index (κ3) is 1.92. The van der Waals surface area contributed by atoms with Crippen LogP contribution in [0.15, 0.2) is 11.1 Å². The molecule has 1 aliphatic carbocycles. The van der Waals surface area contributed by atoms with Gasteiger partial charge in [0.05, 0.1) is 5.02 Å². The number of hydrogen-bond acceptors (Lipinski definition) is 3. The molecule has 5 heteroatoms. The van der Waals surface area contributed by atoms with E-state index in [1.165, 1.54) is 6.08 Å². The molecule has 0 amide bonds. The van der Waals surface area contributed by atoms with E-state index in [9.17, 15) is 14.3 Å². The van der Waals surface area contributed by atoms with E-state index in [-0.39, 0.29) is 10.6 Å². The van der Waals surface area contributed by atoms with Crippen molar-refractivity contribution in [2.75, 3.05) is 0 Å². The minimum atomic E-state index is -0.890. The molecular weight excluding hydrogens is 257 g/mol. The van der Waals surface area contributed by atoms with Crippen LogP contribution in [0.25, 0.3) is 0 Å². The quantitative estimate of drug-likeness (QED) is 0.659. The van der Waals surface area contributed by atoms with Crippen molar-refractivity contribution in [2.24, 2.45) is 4.99 Å². The van der Waals surface area contributed by atoms with Gasteiger partial charge in [-0.1, -0.05) is 24.4 Å². The van der Waals surface area contributed by atoms with E-state index in [1.54, 1.807) is 13.0 Å². The molecule has 0 atom stereocenters. The number of carbonyl (C=O) groups excluding carboxylic acids is 1. The summed E-state index contributed by atoms with van der Waals surface area (Å²) in [5, 5.41) is 9.66. The number of phenolic OH excluding ortho intramolecular Hbond substituents is 1. The van der Waals surface area contributed by atoms with E-state index >= 15 is 0 Å². The lowest BCUT2D eigenvalue weighted by molar-refractivity contribution is 0.393. The summed E-state index contributed by atoms with van der Waals surface area (Å²) < 4.78 is 14.1. The molecule has 0 aliphatic heterocycles. The van der Waals surface area contributed by atoms with E-state index < -0.39 is 17.1 Å². The predicted molar refractivity (Wildman–Crippen MR) is 66.1 cm³/mol. The number of hydrogen-bond donors (Lipinski definition) is 1. The van der Waals surface area contributed by atoms with Gasteiger partial charge in [-0.15, -0.1) is 0 Å². The normalized spacial score (nSPS) is 17.5. The molecule has 2 rings (SSSR count). The summed E-state index contributed by atoms with van der Waals surface area (Å²) in [5.74, 6) is -1.36. The number of aliphatic imine (C=N–C) groups is 1. The SMILES string of the molecule is Cc1cc(C2(N=C=O)CCCC2)c(F)c(O)c1Cl. The van der Waals surface area contributed by atoms with Crippen molar-refractivity contribution >= 4 is 17.7 Å². The highest BCUT2D eigenvalue weighted by Gasteiger charge is 2.39. The Hall–Kier alpha value is -1.38. The van der Waals surface area contributed by atoms with E-state index in [4.69, 9.17) is 11.6 Å². The minimum Gasteiger partial charge on any atom is -0.504 e. The van der Waals surface area contributed by atoms with Gasteiger partial charge >= 0.3 is 0 Å². The number of halogens is 2. The summed E-state index contributed by atoms with van der Waals surface area (Å²) in [6.45, 7) is 1.68. The van der Waals surface area contributed by atoms with Crippen molar-refractivity contribution in [1.29, 1.82) is 0 Å². The second kappa shape index (κ2) is 4.71. The monoisotopic (exact) mass is 269 g/mol. The molecule has 0 radical (unpaired) electrons. The molecule has 18 heavy (non-hydrogen) atoms. The van der Waals surface area contributed by atoms with Crippen LogP contribution in [0.3, 0.4) is 0 Å². The number of benzene rings is 1. The third-order valence-electron chi connectivity index (χ3n) is 3.55. The van der Waals surface area contributed by atoms with Crippen LogP contribution in [0.1, 0.15) is 36.8 Å². The number of rotatable bonds is 2. The van der Waals surface area contributed by atoms with Gasteiger partial charge in [0.15, 0.2) is 11.6 Å². The first-order valence-corrected chi connectivity index (χ1v) is 6.17. The Kier molecular flexibility index (Phi) is 3.42. The molecule has 0 spiro atoms. The maximum absolute atomic E-state index is 14.1. The Labute approximate surface area is 109 Å². The highest BCUT2D eigenvalue weighted by Crippen LogP contribution is 2.46. The molecule has 1 aromatic carbocycles. The smallest absolute Gasteiger partial charge is 0.235 e. The Balaban J connectivity index is 2.66. The van der Waals surface area contributed by atoms with Crippen LogP contribution in [0.5, 0.6) is 5.75 Å². The fraction of sp³-hybridized carbons (Fsp3) is 0.462. The first-order chi connectivity index (χ1) is 8.52. The second-order valence-electron chi connectivity index (χ2n) is 4.66. The molecule has 0 bridgehead atoms. The van der Waals surface area contributed by atoms with Gasteiger partial charge in [-0.3, -0.25) is 0 Å². The van der Waals surface area contributed by atoms with Gasteiger partial charge in [0.25, 0.3) is 0 Å². The van der Waals surface area contributed by atoms with Gasteiger partial charge in [0.2, 0.25) is 6.08 Å². The van der Waals surface area contributed by atoms with Crippen LogP contribution in [0.4, 0.5) is 4.39 Å². The minimum absolute atomic E-state index is 0.000482. The molecule has 1 saturated carbocycles. The van der Waals surface area contributed by atoms with Crippen LogP contribution in [-0.2, 0) is 10.3 Å². The van der Waals surface area contributed by atoms with Gasteiger partial charge in [0, 0.05) is 5.56 Å². The van der Waals surface area contributed by atoms with Gasteiger partial charge in [-0.05, 0) is 31.4 Å². The first-order valence-electron chi connectivity index (χ1n) is 5.79. The van der Waals surface area contributed by atoms with E-state index in [1.807, 2.05) is 0 Å². The van der Waals surface area contributed by atoms with Crippen molar-refractivity contribution in [2.45, 2.75) is 38.1 Å². The number of aromatic hydroxyl groups is 1. The summed E-state index contributed by atoms with van der Waals surface area (Å²) in [6.07, 6.45) is 4.43. The zero-order valence-corrected chi connectivity index (χ0v) is 10.7. The average molecular weight is 270 g/mol. The molecule has 1 fully saturated rings. The summed E-state index contributed by atoms with van der Waals surface area (Å²) in [6, 6.07) is 1.56. The standard InChI is InChI=1S/C13H13ClFNO2/c1-8-6-9(11(15)12(18)10(8)14)13(16-7-17)4-2-3-5-13/h6,18H,2-5H2,1H3. The van der Waals surface area contributed by atoms with Gasteiger partial charge in [0.1, 0.15) is 5.54 Å². The molecular formula is C13H13ClFNO2.